The topological polar surface area (TPSA) is 84.3 Å². The molecule has 4 rings (SSSR count). The van der Waals surface area contributed by atoms with E-state index < -0.39 is 5.97 Å². The Bertz CT molecular complexity index is 1160. The van der Waals surface area contributed by atoms with Crippen LogP contribution in [0.5, 0.6) is 5.75 Å². The highest BCUT2D eigenvalue weighted by molar-refractivity contribution is 8.00. The third kappa shape index (κ3) is 4.45. The van der Waals surface area contributed by atoms with Crippen molar-refractivity contribution in [1.82, 2.24) is 9.97 Å². The van der Waals surface area contributed by atoms with E-state index in [1.807, 2.05) is 54.0 Å². The van der Waals surface area contributed by atoms with Crippen LogP contribution in [0.25, 0.3) is 21.8 Å². The first kappa shape index (κ1) is 19.9. The summed E-state index contributed by atoms with van der Waals surface area (Å²) < 4.78 is 8.45. The molecule has 2 heterocycles. The Hall–Kier alpha value is -3.36. The van der Waals surface area contributed by atoms with E-state index in [0.717, 1.165) is 26.9 Å². The first-order chi connectivity index (χ1) is 14.6. The van der Waals surface area contributed by atoms with Crippen molar-refractivity contribution in [3.63, 3.8) is 0 Å². The van der Waals surface area contributed by atoms with Gasteiger partial charge < -0.3 is 14.6 Å². The number of carbonyl (C=O) groups is 1. The Morgan fingerprint density at radius 2 is 1.93 bits per heavy atom. The van der Waals surface area contributed by atoms with Crippen LogP contribution < -0.4 is 9.46 Å². The van der Waals surface area contributed by atoms with Crippen molar-refractivity contribution in [1.29, 1.82) is 0 Å². The van der Waals surface area contributed by atoms with E-state index in [-0.39, 0.29) is 5.56 Å². The Kier molecular flexibility index (Phi) is 5.97. The zero-order valence-electron chi connectivity index (χ0n) is 15.9. The summed E-state index contributed by atoms with van der Waals surface area (Å²) in [6, 6.07) is 18.7. The number of aromatic nitrogens is 2. The number of benzene rings is 2. The largest absolute Gasteiger partial charge is 0.495 e. The number of nitrogens with zero attached hydrogens (tertiary/aromatic N) is 2. The predicted molar refractivity (Wildman–Crippen MR) is 120 cm³/mol. The molecule has 8 heteroatoms. The van der Waals surface area contributed by atoms with Gasteiger partial charge in [-0.1, -0.05) is 30.3 Å². The highest BCUT2D eigenvalue weighted by Gasteiger charge is 2.11. The molecular formula is C22H17N3O3S2. The summed E-state index contributed by atoms with van der Waals surface area (Å²) in [6.07, 6.45) is 1.83. The fourth-order valence-electron chi connectivity index (χ4n) is 2.75. The van der Waals surface area contributed by atoms with Crippen molar-refractivity contribution in [2.24, 2.45) is 0 Å². The maximum absolute atomic E-state index is 11.1. The molecule has 6 nitrogen and oxygen atoms in total. The van der Waals surface area contributed by atoms with Gasteiger partial charge in [0.05, 0.1) is 24.1 Å². The molecule has 0 saturated carbocycles. The molecule has 2 aromatic heterocycles. The highest BCUT2D eigenvalue weighted by atomic mass is 32.2. The van der Waals surface area contributed by atoms with Gasteiger partial charge in [-0.3, -0.25) is 4.98 Å². The van der Waals surface area contributed by atoms with Crippen molar-refractivity contribution >= 4 is 34.9 Å². The summed E-state index contributed by atoms with van der Waals surface area (Å²) in [7, 11) is 1.50. The summed E-state index contributed by atoms with van der Waals surface area (Å²) in [4.78, 5) is 20.3. The second kappa shape index (κ2) is 8.98. The number of rotatable bonds is 7. The Morgan fingerprint density at radius 3 is 2.63 bits per heavy atom. The molecule has 150 valence electrons. The quantitative estimate of drug-likeness (QED) is 0.360. The lowest BCUT2D eigenvalue weighted by Crippen LogP contribution is -1.99. The lowest BCUT2D eigenvalue weighted by molar-refractivity contribution is 0.0696. The minimum atomic E-state index is -0.997. The maximum atomic E-state index is 11.1. The number of nitrogens with one attached hydrogen (secondary N) is 1. The van der Waals surface area contributed by atoms with Crippen LogP contribution in [0.4, 0.5) is 5.69 Å². The summed E-state index contributed by atoms with van der Waals surface area (Å²) in [5, 5.41) is 12.7. The second-order valence-corrected chi connectivity index (χ2v) is 7.90. The first-order valence-electron chi connectivity index (χ1n) is 8.95. The van der Waals surface area contributed by atoms with Gasteiger partial charge in [-0.15, -0.1) is 11.3 Å². The van der Waals surface area contributed by atoms with Crippen LogP contribution in [0.2, 0.25) is 0 Å². The van der Waals surface area contributed by atoms with Crippen LogP contribution in [0.15, 0.2) is 77.3 Å². The van der Waals surface area contributed by atoms with E-state index in [1.54, 1.807) is 6.07 Å². The average Bonchev–Trinajstić information content (AvgIpc) is 3.27. The van der Waals surface area contributed by atoms with E-state index >= 15 is 0 Å². The van der Waals surface area contributed by atoms with Gasteiger partial charge >= 0.3 is 5.97 Å². The molecule has 30 heavy (non-hydrogen) atoms. The van der Waals surface area contributed by atoms with Crippen molar-refractivity contribution in [3.05, 3.63) is 77.8 Å². The number of hydrogen-bond donors (Lipinski definition) is 2. The van der Waals surface area contributed by atoms with Crippen LogP contribution in [0.1, 0.15) is 10.4 Å². The molecule has 0 aliphatic rings. The number of ether oxygens (including phenoxy) is 1. The van der Waals surface area contributed by atoms with Gasteiger partial charge in [-0.05, 0) is 30.3 Å². The van der Waals surface area contributed by atoms with Crippen molar-refractivity contribution in [2.45, 2.75) is 5.03 Å². The Morgan fingerprint density at radius 1 is 1.10 bits per heavy atom. The van der Waals surface area contributed by atoms with Crippen LogP contribution in [-0.2, 0) is 0 Å². The molecule has 0 bridgehead atoms. The number of pyridine rings is 1. The van der Waals surface area contributed by atoms with Gasteiger partial charge in [0.2, 0.25) is 0 Å². The lowest BCUT2D eigenvalue weighted by Gasteiger charge is -2.10. The molecule has 4 aromatic rings. The molecule has 0 atom stereocenters. The van der Waals surface area contributed by atoms with E-state index in [1.165, 1.54) is 42.5 Å². The molecule has 0 unspecified atom stereocenters. The fraction of sp³-hybridized carbons (Fsp3) is 0.0455. The molecule has 0 saturated heterocycles. The zero-order valence-corrected chi connectivity index (χ0v) is 17.5. The number of carboxylic acid groups (broad SMARTS) is 1. The summed E-state index contributed by atoms with van der Waals surface area (Å²) >= 11 is 2.87. The molecule has 0 amide bonds. The summed E-state index contributed by atoms with van der Waals surface area (Å²) in [6.45, 7) is 0. The van der Waals surface area contributed by atoms with Crippen molar-refractivity contribution < 1.29 is 14.6 Å². The van der Waals surface area contributed by atoms with Gasteiger partial charge in [-0.2, -0.15) is 0 Å². The molecule has 0 aliphatic carbocycles. The standard InChI is InChI=1S/C22H17N3O3S2/c1-28-19-11-15(22(26)27)7-10-18(19)25-30-20-13-29-21(24-20)16-8-9-17(23-12-16)14-5-3-2-4-6-14/h2-13,25H,1H3,(H,26,27). The van der Waals surface area contributed by atoms with Crippen LogP contribution in [0, 0.1) is 0 Å². The van der Waals surface area contributed by atoms with E-state index in [4.69, 9.17) is 9.84 Å². The number of aromatic carboxylic acids is 1. The average molecular weight is 436 g/mol. The van der Waals surface area contributed by atoms with Gasteiger partial charge in [0.15, 0.2) is 0 Å². The molecule has 2 aromatic carbocycles. The van der Waals surface area contributed by atoms with E-state index in [2.05, 4.69) is 14.7 Å². The normalized spacial score (nSPS) is 10.6. The Balaban J connectivity index is 1.45. The summed E-state index contributed by atoms with van der Waals surface area (Å²) in [5.41, 5.74) is 3.80. The number of anilines is 1. The van der Waals surface area contributed by atoms with Crippen LogP contribution >= 0.6 is 23.3 Å². The SMILES string of the molecule is COc1cc(C(=O)O)ccc1NSc1csc(-c2ccc(-c3ccccc3)nc2)n1. The minimum absolute atomic E-state index is 0.171. The minimum Gasteiger partial charge on any atom is -0.495 e. The molecule has 0 spiro atoms. The number of carboxylic acids is 1. The maximum Gasteiger partial charge on any atom is 0.335 e. The number of thiazole rings is 1. The molecular weight excluding hydrogens is 418 g/mol. The van der Waals surface area contributed by atoms with Crippen molar-refractivity contribution in [3.8, 4) is 27.6 Å². The third-order valence-corrected chi connectivity index (χ3v) is 6.06. The van der Waals surface area contributed by atoms with Gasteiger partial charge in [0, 0.05) is 34.7 Å². The highest BCUT2D eigenvalue weighted by Crippen LogP contribution is 2.33. The van der Waals surface area contributed by atoms with Crippen molar-refractivity contribution in [2.75, 3.05) is 11.8 Å². The fourth-order valence-corrected chi connectivity index (χ4v) is 4.34. The van der Waals surface area contributed by atoms with Gasteiger partial charge in [0.1, 0.15) is 15.8 Å². The van der Waals surface area contributed by atoms with Gasteiger partial charge in [0.25, 0.3) is 0 Å². The Labute approximate surface area is 181 Å². The monoisotopic (exact) mass is 435 g/mol. The number of hydrogen-bond acceptors (Lipinski definition) is 7. The second-order valence-electron chi connectivity index (χ2n) is 6.21. The number of methoxy groups -OCH3 is 1. The van der Waals surface area contributed by atoms with Crippen LogP contribution in [-0.4, -0.2) is 28.2 Å². The summed E-state index contributed by atoms with van der Waals surface area (Å²) in [5.74, 6) is -0.540. The lowest BCUT2D eigenvalue weighted by atomic mass is 10.1. The zero-order chi connectivity index (χ0) is 20.9. The predicted octanol–water partition coefficient (Wildman–Crippen LogP) is 5.70. The van der Waals surface area contributed by atoms with E-state index in [0.29, 0.717) is 11.4 Å². The third-order valence-electron chi connectivity index (χ3n) is 4.28. The first-order valence-corrected chi connectivity index (χ1v) is 10.7. The van der Waals surface area contributed by atoms with E-state index in [9.17, 15) is 4.79 Å². The molecule has 2 N–H and O–H groups in total. The smallest absolute Gasteiger partial charge is 0.335 e. The molecule has 0 fully saturated rings. The van der Waals surface area contributed by atoms with Gasteiger partial charge in [-0.25, -0.2) is 9.78 Å². The van der Waals surface area contributed by atoms with Crippen LogP contribution in [0.3, 0.4) is 0 Å². The molecule has 0 aliphatic heterocycles. The molecule has 0 radical (unpaired) electrons.